The third-order valence-corrected chi connectivity index (χ3v) is 5.89. The summed E-state index contributed by atoms with van der Waals surface area (Å²) in [5.41, 5.74) is 5.71. The van der Waals surface area contributed by atoms with E-state index < -0.39 is 15.3 Å². The Labute approximate surface area is 109 Å². The van der Waals surface area contributed by atoms with Gasteiger partial charge in [-0.2, -0.15) is 0 Å². The average Bonchev–Trinajstić information content (AvgIpc) is 2.20. The molecule has 6 heteroatoms. The van der Waals surface area contributed by atoms with E-state index >= 15 is 0 Å². The SMILES string of the molecule is CC(C(N)=S)S(=O)(=O)NC1CCC(C)(C)CC1. The van der Waals surface area contributed by atoms with Crippen LogP contribution in [0, 0.1) is 5.41 Å². The van der Waals surface area contributed by atoms with E-state index in [0.717, 1.165) is 25.7 Å². The van der Waals surface area contributed by atoms with E-state index in [1.807, 2.05) is 0 Å². The van der Waals surface area contributed by atoms with Gasteiger partial charge >= 0.3 is 0 Å². The lowest BCUT2D eigenvalue weighted by atomic mass is 9.76. The molecule has 3 N–H and O–H groups in total. The summed E-state index contributed by atoms with van der Waals surface area (Å²) < 4.78 is 26.6. The van der Waals surface area contributed by atoms with Crippen LogP contribution in [0.3, 0.4) is 0 Å². The van der Waals surface area contributed by atoms with E-state index in [2.05, 4.69) is 18.6 Å². The highest BCUT2D eigenvalue weighted by Gasteiger charge is 2.31. The molecule has 0 bridgehead atoms. The van der Waals surface area contributed by atoms with Gasteiger partial charge in [-0.05, 0) is 38.0 Å². The van der Waals surface area contributed by atoms with Gasteiger partial charge < -0.3 is 5.73 Å². The van der Waals surface area contributed by atoms with Crippen molar-refractivity contribution in [3.05, 3.63) is 0 Å². The Kier molecular flexibility index (Phi) is 4.54. The normalized spacial score (nSPS) is 23.2. The van der Waals surface area contributed by atoms with Gasteiger partial charge in [0.15, 0.2) is 0 Å². The zero-order valence-electron chi connectivity index (χ0n) is 10.7. The Morgan fingerprint density at radius 1 is 1.41 bits per heavy atom. The molecule has 0 aromatic carbocycles. The summed E-state index contributed by atoms with van der Waals surface area (Å²) in [5.74, 6) is 0. The molecule has 0 radical (unpaired) electrons. The number of nitrogens with two attached hydrogens (primary N) is 1. The molecule has 1 atom stereocenters. The van der Waals surface area contributed by atoms with Crippen molar-refractivity contribution < 1.29 is 8.42 Å². The lowest BCUT2D eigenvalue weighted by Crippen LogP contribution is -2.46. The van der Waals surface area contributed by atoms with Gasteiger partial charge in [0.1, 0.15) is 5.25 Å². The molecule has 100 valence electrons. The summed E-state index contributed by atoms with van der Waals surface area (Å²) in [6, 6.07) is 0.0322. The van der Waals surface area contributed by atoms with E-state index in [4.69, 9.17) is 18.0 Å². The highest BCUT2D eigenvalue weighted by Crippen LogP contribution is 2.35. The predicted octanol–water partition coefficient (Wildman–Crippen LogP) is 1.55. The lowest BCUT2D eigenvalue weighted by Gasteiger charge is -2.34. The maximum absolute atomic E-state index is 11.9. The van der Waals surface area contributed by atoms with Crippen molar-refractivity contribution in [2.24, 2.45) is 11.1 Å². The van der Waals surface area contributed by atoms with Gasteiger partial charge in [-0.15, -0.1) is 0 Å². The Morgan fingerprint density at radius 2 is 1.88 bits per heavy atom. The lowest BCUT2D eigenvalue weighted by molar-refractivity contribution is 0.218. The molecule has 1 unspecified atom stereocenters. The minimum Gasteiger partial charge on any atom is -0.392 e. The minimum absolute atomic E-state index is 0.0219. The van der Waals surface area contributed by atoms with Gasteiger partial charge in [0.05, 0.1) is 4.99 Å². The van der Waals surface area contributed by atoms with Gasteiger partial charge in [-0.25, -0.2) is 13.1 Å². The number of nitrogens with one attached hydrogen (secondary N) is 1. The van der Waals surface area contributed by atoms with E-state index in [-0.39, 0.29) is 11.0 Å². The molecule has 0 aromatic rings. The van der Waals surface area contributed by atoms with Crippen molar-refractivity contribution in [2.45, 2.75) is 57.7 Å². The predicted molar refractivity (Wildman–Crippen MR) is 74.3 cm³/mol. The van der Waals surface area contributed by atoms with E-state index in [1.165, 1.54) is 6.92 Å². The maximum Gasteiger partial charge on any atom is 0.220 e. The topological polar surface area (TPSA) is 72.2 Å². The van der Waals surface area contributed by atoms with Crippen LogP contribution in [-0.4, -0.2) is 24.7 Å². The van der Waals surface area contributed by atoms with Gasteiger partial charge in [-0.1, -0.05) is 26.1 Å². The van der Waals surface area contributed by atoms with E-state index in [0.29, 0.717) is 5.41 Å². The highest BCUT2D eigenvalue weighted by molar-refractivity contribution is 7.93. The van der Waals surface area contributed by atoms with Crippen LogP contribution in [0.1, 0.15) is 46.5 Å². The van der Waals surface area contributed by atoms with E-state index in [1.54, 1.807) is 0 Å². The first-order valence-corrected chi connectivity index (χ1v) is 7.90. The molecule has 17 heavy (non-hydrogen) atoms. The van der Waals surface area contributed by atoms with Crippen molar-refractivity contribution in [1.29, 1.82) is 0 Å². The Balaban J connectivity index is 2.59. The summed E-state index contributed by atoms with van der Waals surface area (Å²) in [7, 11) is -3.41. The summed E-state index contributed by atoms with van der Waals surface area (Å²) in [4.78, 5) is 0.0219. The summed E-state index contributed by atoms with van der Waals surface area (Å²) >= 11 is 4.73. The molecule has 0 aliphatic heterocycles. The quantitative estimate of drug-likeness (QED) is 0.765. The number of hydrogen-bond acceptors (Lipinski definition) is 3. The van der Waals surface area contributed by atoms with Crippen LogP contribution in [0.4, 0.5) is 0 Å². The van der Waals surface area contributed by atoms with Crippen LogP contribution in [-0.2, 0) is 10.0 Å². The highest BCUT2D eigenvalue weighted by atomic mass is 32.2. The molecule has 1 aliphatic rings. The van der Waals surface area contributed by atoms with Gasteiger partial charge in [0, 0.05) is 6.04 Å². The second-order valence-electron chi connectivity index (χ2n) is 5.65. The standard InChI is InChI=1S/C11H22N2O2S2/c1-8(10(12)16)17(14,15)13-9-4-6-11(2,3)7-5-9/h8-9,13H,4-7H2,1-3H3,(H2,12,16). The fraction of sp³-hybridized carbons (Fsp3) is 0.909. The molecule has 0 heterocycles. The Morgan fingerprint density at radius 3 is 2.29 bits per heavy atom. The smallest absolute Gasteiger partial charge is 0.220 e. The zero-order chi connectivity index (χ0) is 13.3. The van der Waals surface area contributed by atoms with Crippen LogP contribution in [0.15, 0.2) is 0 Å². The van der Waals surface area contributed by atoms with Crippen molar-refractivity contribution in [3.63, 3.8) is 0 Å². The second-order valence-corrected chi connectivity index (χ2v) is 8.15. The molecule has 1 rings (SSSR count). The molecule has 1 aliphatic carbocycles. The number of sulfonamides is 1. The first-order chi connectivity index (χ1) is 7.64. The molecule has 0 spiro atoms. The molecule has 1 saturated carbocycles. The molecule has 0 amide bonds. The average molecular weight is 278 g/mol. The fourth-order valence-corrected chi connectivity index (χ4v) is 3.59. The molecule has 0 aromatic heterocycles. The Hall–Kier alpha value is -0.200. The van der Waals surface area contributed by atoms with Crippen molar-refractivity contribution >= 4 is 27.2 Å². The number of thiocarbonyl (C=S) groups is 1. The van der Waals surface area contributed by atoms with Crippen LogP contribution in [0.25, 0.3) is 0 Å². The van der Waals surface area contributed by atoms with Gasteiger partial charge in [0.25, 0.3) is 0 Å². The largest absolute Gasteiger partial charge is 0.392 e. The Bertz CT molecular complexity index is 380. The third-order valence-electron chi connectivity index (χ3n) is 3.54. The van der Waals surface area contributed by atoms with Gasteiger partial charge in [-0.3, -0.25) is 0 Å². The van der Waals surface area contributed by atoms with Crippen LogP contribution < -0.4 is 10.5 Å². The number of rotatable bonds is 4. The minimum atomic E-state index is -3.41. The zero-order valence-corrected chi connectivity index (χ0v) is 12.3. The molecule has 0 saturated heterocycles. The fourth-order valence-electron chi connectivity index (χ4n) is 2.00. The van der Waals surface area contributed by atoms with Crippen LogP contribution in [0.2, 0.25) is 0 Å². The molecular formula is C11H22N2O2S2. The summed E-state index contributed by atoms with van der Waals surface area (Å²) in [6.07, 6.45) is 3.86. The molecule has 1 fully saturated rings. The van der Waals surface area contributed by atoms with E-state index in [9.17, 15) is 8.42 Å². The van der Waals surface area contributed by atoms with Crippen molar-refractivity contribution in [3.8, 4) is 0 Å². The second kappa shape index (κ2) is 5.20. The van der Waals surface area contributed by atoms with Crippen molar-refractivity contribution in [2.75, 3.05) is 0 Å². The molecule has 4 nitrogen and oxygen atoms in total. The van der Waals surface area contributed by atoms with Crippen LogP contribution >= 0.6 is 12.2 Å². The number of hydrogen-bond donors (Lipinski definition) is 2. The summed E-state index contributed by atoms with van der Waals surface area (Å²) in [5, 5.41) is -0.799. The monoisotopic (exact) mass is 278 g/mol. The van der Waals surface area contributed by atoms with Crippen LogP contribution in [0.5, 0.6) is 0 Å². The first kappa shape index (κ1) is 14.9. The van der Waals surface area contributed by atoms with Gasteiger partial charge in [0.2, 0.25) is 10.0 Å². The first-order valence-electron chi connectivity index (χ1n) is 5.94. The maximum atomic E-state index is 11.9. The summed E-state index contributed by atoms with van der Waals surface area (Å²) in [6.45, 7) is 5.96. The van der Waals surface area contributed by atoms with Crippen molar-refractivity contribution in [1.82, 2.24) is 4.72 Å². The molecular weight excluding hydrogens is 256 g/mol. The third kappa shape index (κ3) is 4.19.